The van der Waals surface area contributed by atoms with Crippen LogP contribution in [0.4, 0.5) is 5.69 Å². The van der Waals surface area contributed by atoms with Crippen LogP contribution < -0.4 is 5.32 Å². The fourth-order valence-corrected chi connectivity index (χ4v) is 2.42. The summed E-state index contributed by atoms with van der Waals surface area (Å²) in [6, 6.07) is 6.67. The molecule has 1 N–H and O–H groups in total. The van der Waals surface area contributed by atoms with Crippen molar-refractivity contribution < 1.29 is 0 Å². The van der Waals surface area contributed by atoms with Crippen LogP contribution in [0.1, 0.15) is 31.9 Å². The predicted octanol–water partition coefficient (Wildman–Crippen LogP) is 3.56. The Morgan fingerprint density at radius 3 is 2.44 bits per heavy atom. The number of hydrogen-bond donors (Lipinski definition) is 1. The SMILES string of the molecule is CCc1cc(NCC(C)(C)CN(C)C)ccc1C. The van der Waals surface area contributed by atoms with Crippen LogP contribution in [0, 0.1) is 12.3 Å². The molecule has 0 atom stereocenters. The molecule has 1 aromatic rings. The maximum atomic E-state index is 3.57. The van der Waals surface area contributed by atoms with E-state index in [9.17, 15) is 0 Å². The van der Waals surface area contributed by atoms with Gasteiger partial charge in [0.05, 0.1) is 0 Å². The van der Waals surface area contributed by atoms with E-state index in [1.165, 1.54) is 16.8 Å². The molecule has 2 nitrogen and oxygen atoms in total. The minimum Gasteiger partial charge on any atom is -0.384 e. The molecule has 0 bridgehead atoms. The first-order valence-corrected chi connectivity index (χ1v) is 6.82. The Hall–Kier alpha value is -1.02. The second-order valence-electron chi connectivity index (χ2n) is 6.25. The van der Waals surface area contributed by atoms with Crippen LogP contribution in [-0.2, 0) is 6.42 Å². The molecule has 0 fully saturated rings. The molecule has 0 radical (unpaired) electrons. The number of anilines is 1. The van der Waals surface area contributed by atoms with Crippen molar-refractivity contribution in [3.63, 3.8) is 0 Å². The molecule has 0 saturated carbocycles. The fraction of sp³-hybridized carbons (Fsp3) is 0.625. The van der Waals surface area contributed by atoms with Gasteiger partial charge in [-0.3, -0.25) is 0 Å². The molecule has 2 heteroatoms. The van der Waals surface area contributed by atoms with E-state index >= 15 is 0 Å². The average molecular weight is 248 g/mol. The Morgan fingerprint density at radius 2 is 1.89 bits per heavy atom. The smallest absolute Gasteiger partial charge is 0.0343 e. The first kappa shape index (κ1) is 15.0. The van der Waals surface area contributed by atoms with Crippen LogP contribution in [0.2, 0.25) is 0 Å². The van der Waals surface area contributed by atoms with Gasteiger partial charge < -0.3 is 10.2 Å². The summed E-state index contributed by atoms with van der Waals surface area (Å²) in [5.74, 6) is 0. The second-order valence-corrected chi connectivity index (χ2v) is 6.25. The van der Waals surface area contributed by atoms with E-state index < -0.39 is 0 Å². The number of rotatable bonds is 6. The van der Waals surface area contributed by atoms with Crippen molar-refractivity contribution in [2.24, 2.45) is 5.41 Å². The monoisotopic (exact) mass is 248 g/mol. The standard InChI is InChI=1S/C16H28N2/c1-7-14-10-15(9-8-13(14)2)17-11-16(3,4)12-18(5)6/h8-10,17H,7,11-12H2,1-6H3. The van der Waals surface area contributed by atoms with Crippen molar-refractivity contribution in [1.82, 2.24) is 4.90 Å². The summed E-state index contributed by atoms with van der Waals surface area (Å²) in [6.07, 6.45) is 1.10. The minimum absolute atomic E-state index is 0.279. The largest absolute Gasteiger partial charge is 0.384 e. The zero-order chi connectivity index (χ0) is 13.8. The van der Waals surface area contributed by atoms with Gasteiger partial charge in [-0.2, -0.15) is 0 Å². The molecule has 0 spiro atoms. The van der Waals surface area contributed by atoms with Crippen molar-refractivity contribution in [3.05, 3.63) is 29.3 Å². The van der Waals surface area contributed by atoms with Gasteiger partial charge in [-0.1, -0.05) is 26.8 Å². The maximum Gasteiger partial charge on any atom is 0.0343 e. The van der Waals surface area contributed by atoms with E-state index in [0.29, 0.717) is 0 Å². The summed E-state index contributed by atoms with van der Waals surface area (Å²) in [7, 11) is 4.26. The van der Waals surface area contributed by atoms with Gasteiger partial charge in [-0.25, -0.2) is 0 Å². The number of nitrogens with one attached hydrogen (secondary N) is 1. The zero-order valence-corrected chi connectivity index (χ0v) is 12.8. The van der Waals surface area contributed by atoms with E-state index in [1.54, 1.807) is 0 Å². The molecule has 0 aliphatic carbocycles. The molecule has 18 heavy (non-hydrogen) atoms. The summed E-state index contributed by atoms with van der Waals surface area (Å²) >= 11 is 0. The minimum atomic E-state index is 0.279. The molecular weight excluding hydrogens is 220 g/mol. The summed E-state index contributed by atoms with van der Waals surface area (Å²) in [5, 5.41) is 3.57. The number of hydrogen-bond acceptors (Lipinski definition) is 2. The number of benzene rings is 1. The van der Waals surface area contributed by atoms with Crippen molar-refractivity contribution in [1.29, 1.82) is 0 Å². The van der Waals surface area contributed by atoms with E-state index in [4.69, 9.17) is 0 Å². The van der Waals surface area contributed by atoms with Crippen molar-refractivity contribution in [2.45, 2.75) is 34.1 Å². The zero-order valence-electron chi connectivity index (χ0n) is 12.8. The molecule has 0 saturated heterocycles. The van der Waals surface area contributed by atoms with Gasteiger partial charge in [0.2, 0.25) is 0 Å². The lowest BCUT2D eigenvalue weighted by Crippen LogP contribution is -2.34. The summed E-state index contributed by atoms with van der Waals surface area (Å²) in [6.45, 7) is 11.1. The van der Waals surface area contributed by atoms with Gasteiger partial charge in [0, 0.05) is 18.8 Å². The fourth-order valence-electron chi connectivity index (χ4n) is 2.42. The molecule has 0 aliphatic heterocycles. The van der Waals surface area contributed by atoms with Gasteiger partial charge in [0.25, 0.3) is 0 Å². The number of nitrogens with zero attached hydrogens (tertiary/aromatic N) is 1. The van der Waals surface area contributed by atoms with Crippen LogP contribution >= 0.6 is 0 Å². The summed E-state index contributed by atoms with van der Waals surface area (Å²) < 4.78 is 0. The van der Waals surface area contributed by atoms with Gasteiger partial charge in [0.1, 0.15) is 0 Å². The van der Waals surface area contributed by atoms with E-state index in [0.717, 1.165) is 19.5 Å². The Balaban J connectivity index is 2.63. The van der Waals surface area contributed by atoms with Gasteiger partial charge in [-0.15, -0.1) is 0 Å². The number of aryl methyl sites for hydroxylation is 2. The average Bonchev–Trinajstić information content (AvgIpc) is 2.26. The molecule has 1 rings (SSSR count). The van der Waals surface area contributed by atoms with Crippen LogP contribution in [-0.4, -0.2) is 32.1 Å². The van der Waals surface area contributed by atoms with E-state index in [1.807, 2.05) is 0 Å². The van der Waals surface area contributed by atoms with Crippen molar-refractivity contribution in [2.75, 3.05) is 32.5 Å². The maximum absolute atomic E-state index is 3.57. The first-order chi connectivity index (χ1) is 8.34. The van der Waals surface area contributed by atoms with Crippen molar-refractivity contribution in [3.8, 4) is 0 Å². The Kier molecular flexibility index (Phi) is 5.21. The molecule has 1 aromatic carbocycles. The molecule has 102 valence electrons. The lowest BCUT2D eigenvalue weighted by molar-refractivity contribution is 0.254. The van der Waals surface area contributed by atoms with Gasteiger partial charge in [-0.05, 0) is 56.1 Å². The highest BCUT2D eigenvalue weighted by molar-refractivity contribution is 5.48. The summed E-state index contributed by atoms with van der Waals surface area (Å²) in [4.78, 5) is 2.24. The topological polar surface area (TPSA) is 15.3 Å². The first-order valence-electron chi connectivity index (χ1n) is 6.82. The van der Waals surface area contributed by atoms with Crippen LogP contribution in [0.3, 0.4) is 0 Å². The molecule has 0 amide bonds. The lowest BCUT2D eigenvalue weighted by atomic mass is 9.92. The quantitative estimate of drug-likeness (QED) is 0.828. The third kappa shape index (κ3) is 4.69. The molecule has 0 aliphatic rings. The summed E-state index contributed by atoms with van der Waals surface area (Å²) in [5.41, 5.74) is 4.34. The Morgan fingerprint density at radius 1 is 1.22 bits per heavy atom. The van der Waals surface area contributed by atoms with E-state index in [2.05, 4.69) is 70.2 Å². The van der Waals surface area contributed by atoms with Gasteiger partial charge in [0.15, 0.2) is 0 Å². The lowest BCUT2D eigenvalue weighted by Gasteiger charge is -2.29. The Labute approximate surface area is 112 Å². The third-order valence-electron chi connectivity index (χ3n) is 3.25. The highest BCUT2D eigenvalue weighted by atomic mass is 15.1. The molecule has 0 aromatic heterocycles. The van der Waals surface area contributed by atoms with Crippen LogP contribution in [0.5, 0.6) is 0 Å². The predicted molar refractivity (Wildman–Crippen MR) is 81.4 cm³/mol. The van der Waals surface area contributed by atoms with Crippen LogP contribution in [0.25, 0.3) is 0 Å². The van der Waals surface area contributed by atoms with Crippen LogP contribution in [0.15, 0.2) is 18.2 Å². The molecule has 0 heterocycles. The van der Waals surface area contributed by atoms with E-state index in [-0.39, 0.29) is 5.41 Å². The third-order valence-corrected chi connectivity index (χ3v) is 3.25. The second kappa shape index (κ2) is 6.24. The van der Waals surface area contributed by atoms with Crippen molar-refractivity contribution >= 4 is 5.69 Å². The highest BCUT2D eigenvalue weighted by Crippen LogP contribution is 2.20. The van der Waals surface area contributed by atoms with Gasteiger partial charge >= 0.3 is 0 Å². The highest BCUT2D eigenvalue weighted by Gasteiger charge is 2.18. The Bertz CT molecular complexity index is 381. The normalized spacial score (nSPS) is 11.9. The molecule has 0 unspecified atom stereocenters. The molecular formula is C16H28N2.